The first-order valence-corrected chi connectivity index (χ1v) is 12.4. The molecule has 2 aromatic rings. The first-order valence-electron chi connectivity index (χ1n) is 12.4. The Morgan fingerprint density at radius 2 is 1.80 bits per heavy atom. The fraction of sp³-hybridized carbons (Fsp3) is 0.500. The summed E-state index contributed by atoms with van der Waals surface area (Å²) in [5, 5.41) is 3.14. The topological polar surface area (TPSA) is 87.2 Å². The molecule has 0 aliphatic carbocycles. The van der Waals surface area contributed by atoms with Crippen LogP contribution < -0.4 is 15.1 Å². The van der Waals surface area contributed by atoms with Crippen LogP contribution in [0.25, 0.3) is 0 Å². The second-order valence-corrected chi connectivity index (χ2v) is 9.06. The summed E-state index contributed by atoms with van der Waals surface area (Å²) in [4.78, 5) is 35.8. The number of para-hydroxylation sites is 2. The van der Waals surface area contributed by atoms with Crippen LogP contribution in [-0.4, -0.2) is 80.0 Å². The van der Waals surface area contributed by atoms with Crippen LogP contribution in [0.4, 0.5) is 22.0 Å². The lowest BCUT2D eigenvalue weighted by Crippen LogP contribution is -2.46. The quantitative estimate of drug-likeness (QED) is 0.653. The van der Waals surface area contributed by atoms with Crippen molar-refractivity contribution < 1.29 is 19.1 Å². The molecule has 2 unspecified atom stereocenters. The summed E-state index contributed by atoms with van der Waals surface area (Å²) in [6.45, 7) is 10.5. The monoisotopic (exact) mass is 481 g/mol. The number of esters is 1. The SMILES string of the molecule is CCOC(=O)c1ccc(N2CCCN(C(=O)Nc3ccccc3N3CC(C)OC(C)C3)CC2)nc1. The highest BCUT2D eigenvalue weighted by molar-refractivity contribution is 5.93. The van der Waals surface area contributed by atoms with Crippen LogP contribution in [-0.2, 0) is 9.47 Å². The average molecular weight is 482 g/mol. The predicted octanol–water partition coefficient (Wildman–Crippen LogP) is 3.62. The lowest BCUT2D eigenvalue weighted by molar-refractivity contribution is -0.00517. The minimum atomic E-state index is -0.369. The van der Waals surface area contributed by atoms with E-state index < -0.39 is 0 Å². The van der Waals surface area contributed by atoms with Crippen molar-refractivity contribution in [1.82, 2.24) is 9.88 Å². The lowest BCUT2D eigenvalue weighted by atomic mass is 10.1. The Labute approximate surface area is 207 Å². The van der Waals surface area contributed by atoms with E-state index in [9.17, 15) is 9.59 Å². The van der Waals surface area contributed by atoms with Gasteiger partial charge in [-0.1, -0.05) is 12.1 Å². The van der Waals surface area contributed by atoms with E-state index in [4.69, 9.17) is 9.47 Å². The fourth-order valence-corrected chi connectivity index (χ4v) is 4.68. The van der Waals surface area contributed by atoms with Crippen LogP contribution in [0.15, 0.2) is 42.6 Å². The summed E-state index contributed by atoms with van der Waals surface area (Å²) < 4.78 is 10.9. The van der Waals surface area contributed by atoms with Crippen LogP contribution in [0, 0.1) is 0 Å². The summed E-state index contributed by atoms with van der Waals surface area (Å²) in [5.41, 5.74) is 2.27. The van der Waals surface area contributed by atoms with E-state index in [1.165, 1.54) is 0 Å². The maximum Gasteiger partial charge on any atom is 0.339 e. The van der Waals surface area contributed by atoms with Gasteiger partial charge in [-0.25, -0.2) is 14.6 Å². The van der Waals surface area contributed by atoms with Gasteiger partial charge in [-0.15, -0.1) is 0 Å². The van der Waals surface area contributed by atoms with Crippen LogP contribution in [0.5, 0.6) is 0 Å². The number of anilines is 3. The minimum Gasteiger partial charge on any atom is -0.462 e. The molecule has 2 amide bonds. The van der Waals surface area contributed by atoms with Gasteiger partial charge >= 0.3 is 12.0 Å². The lowest BCUT2D eigenvalue weighted by Gasteiger charge is -2.37. The molecule has 1 aromatic carbocycles. The van der Waals surface area contributed by atoms with Crippen LogP contribution in [0.1, 0.15) is 37.6 Å². The molecule has 9 heteroatoms. The van der Waals surface area contributed by atoms with Crippen LogP contribution >= 0.6 is 0 Å². The molecular formula is C26H35N5O4. The number of carbonyl (C=O) groups excluding carboxylic acids is 2. The number of aromatic nitrogens is 1. The number of benzene rings is 1. The summed E-state index contributed by atoms with van der Waals surface area (Å²) in [6.07, 6.45) is 2.65. The van der Waals surface area contributed by atoms with E-state index in [-0.39, 0.29) is 24.2 Å². The molecule has 0 spiro atoms. The average Bonchev–Trinajstić information content (AvgIpc) is 3.11. The summed E-state index contributed by atoms with van der Waals surface area (Å²) >= 11 is 0. The molecule has 3 heterocycles. The number of carbonyl (C=O) groups is 2. The van der Waals surface area contributed by atoms with E-state index in [2.05, 4.69) is 40.0 Å². The summed E-state index contributed by atoms with van der Waals surface area (Å²) in [5.74, 6) is 0.424. The van der Waals surface area contributed by atoms with Crippen molar-refractivity contribution in [2.24, 2.45) is 0 Å². The smallest absolute Gasteiger partial charge is 0.339 e. The van der Waals surface area contributed by atoms with Crippen molar-refractivity contribution in [1.29, 1.82) is 0 Å². The summed E-state index contributed by atoms with van der Waals surface area (Å²) in [7, 11) is 0. The van der Waals surface area contributed by atoms with Gasteiger partial charge in [-0.05, 0) is 51.5 Å². The fourth-order valence-electron chi connectivity index (χ4n) is 4.68. The van der Waals surface area contributed by atoms with E-state index in [0.717, 1.165) is 43.2 Å². The third kappa shape index (κ3) is 6.22. The normalized spacial score (nSPS) is 20.8. The highest BCUT2D eigenvalue weighted by atomic mass is 16.5. The van der Waals surface area contributed by atoms with Gasteiger partial charge in [0.15, 0.2) is 0 Å². The van der Waals surface area contributed by atoms with Crippen molar-refractivity contribution in [3.8, 4) is 0 Å². The number of nitrogens with one attached hydrogen (secondary N) is 1. The Kier molecular flexibility index (Phi) is 8.07. The van der Waals surface area contributed by atoms with Crippen molar-refractivity contribution in [3.05, 3.63) is 48.2 Å². The van der Waals surface area contributed by atoms with E-state index in [0.29, 0.717) is 31.8 Å². The molecule has 1 N–H and O–H groups in total. The van der Waals surface area contributed by atoms with Gasteiger partial charge in [0.25, 0.3) is 0 Å². The molecular weight excluding hydrogens is 446 g/mol. The number of amides is 2. The standard InChI is InChI=1S/C26H35N5O4/c1-4-34-25(32)21-10-11-24(27-16-21)29-12-7-13-30(15-14-29)26(33)28-22-8-5-6-9-23(22)31-17-19(2)35-20(3)18-31/h5-6,8-11,16,19-20H,4,7,12-15,17-18H2,1-3H3,(H,28,33). The van der Waals surface area contributed by atoms with E-state index in [1.54, 1.807) is 19.2 Å². The third-order valence-corrected chi connectivity index (χ3v) is 6.27. The van der Waals surface area contributed by atoms with E-state index >= 15 is 0 Å². The number of urea groups is 1. The number of morpholine rings is 1. The molecule has 0 saturated carbocycles. The number of hydrogen-bond donors (Lipinski definition) is 1. The number of pyridine rings is 1. The van der Waals surface area contributed by atoms with E-state index in [1.807, 2.05) is 29.2 Å². The molecule has 9 nitrogen and oxygen atoms in total. The third-order valence-electron chi connectivity index (χ3n) is 6.27. The zero-order chi connectivity index (χ0) is 24.8. The molecule has 0 radical (unpaired) electrons. The number of hydrogen-bond acceptors (Lipinski definition) is 7. The molecule has 0 bridgehead atoms. The van der Waals surface area contributed by atoms with Gasteiger partial charge in [-0.2, -0.15) is 0 Å². The second kappa shape index (κ2) is 11.4. The number of rotatable bonds is 5. The molecule has 2 aliphatic rings. The van der Waals surface area contributed by atoms with Gasteiger partial charge in [0, 0.05) is 45.5 Å². The first-order chi connectivity index (χ1) is 16.9. The molecule has 188 valence electrons. The number of ether oxygens (including phenoxy) is 2. The highest BCUT2D eigenvalue weighted by Crippen LogP contribution is 2.29. The van der Waals surface area contributed by atoms with Crippen molar-refractivity contribution in [2.75, 3.05) is 61.0 Å². The zero-order valence-corrected chi connectivity index (χ0v) is 20.8. The van der Waals surface area contributed by atoms with Gasteiger partial charge in [-0.3, -0.25) is 0 Å². The molecule has 2 saturated heterocycles. The van der Waals surface area contributed by atoms with Crippen LogP contribution in [0.2, 0.25) is 0 Å². The second-order valence-electron chi connectivity index (χ2n) is 9.06. The van der Waals surface area contributed by atoms with Gasteiger partial charge in [0.1, 0.15) is 5.82 Å². The van der Waals surface area contributed by atoms with Gasteiger partial charge < -0.3 is 29.5 Å². The maximum atomic E-state index is 13.2. The molecule has 2 aliphatic heterocycles. The Balaban J connectivity index is 1.38. The number of nitrogens with zero attached hydrogens (tertiary/aromatic N) is 4. The van der Waals surface area contributed by atoms with Gasteiger partial charge in [0.2, 0.25) is 0 Å². The summed E-state index contributed by atoms with van der Waals surface area (Å²) in [6, 6.07) is 11.4. The van der Waals surface area contributed by atoms with Crippen molar-refractivity contribution in [3.63, 3.8) is 0 Å². The molecule has 4 rings (SSSR count). The van der Waals surface area contributed by atoms with Gasteiger partial charge in [0.05, 0.1) is 35.8 Å². The Morgan fingerprint density at radius 1 is 1.03 bits per heavy atom. The van der Waals surface area contributed by atoms with Crippen molar-refractivity contribution >= 4 is 29.2 Å². The predicted molar refractivity (Wildman–Crippen MR) is 136 cm³/mol. The molecule has 35 heavy (non-hydrogen) atoms. The highest BCUT2D eigenvalue weighted by Gasteiger charge is 2.25. The Bertz CT molecular complexity index is 1010. The Morgan fingerprint density at radius 3 is 2.51 bits per heavy atom. The zero-order valence-electron chi connectivity index (χ0n) is 20.8. The maximum absolute atomic E-state index is 13.2. The largest absolute Gasteiger partial charge is 0.462 e. The van der Waals surface area contributed by atoms with Crippen molar-refractivity contribution in [2.45, 2.75) is 39.4 Å². The first kappa shape index (κ1) is 24.8. The molecule has 1 aromatic heterocycles. The molecule has 2 fully saturated rings. The molecule has 2 atom stereocenters. The van der Waals surface area contributed by atoms with Crippen LogP contribution in [0.3, 0.4) is 0 Å². The minimum absolute atomic E-state index is 0.0979. The Hall–Kier alpha value is -3.33.